The van der Waals surface area contributed by atoms with E-state index in [4.69, 9.17) is 16.7 Å². The Bertz CT molecular complexity index is 556. The monoisotopic (exact) mass is 299 g/mol. The van der Waals surface area contributed by atoms with E-state index in [1.54, 1.807) is 0 Å². The van der Waals surface area contributed by atoms with E-state index in [0.717, 1.165) is 13.0 Å². The van der Waals surface area contributed by atoms with E-state index in [9.17, 15) is 19.7 Å². The zero-order chi connectivity index (χ0) is 15.3. The number of rotatable bonds is 7. The molecule has 1 N–H and O–H groups in total. The second-order valence-electron chi connectivity index (χ2n) is 4.30. The van der Waals surface area contributed by atoms with Crippen LogP contribution in [0.25, 0.3) is 0 Å². The zero-order valence-electron chi connectivity index (χ0n) is 10.9. The summed E-state index contributed by atoms with van der Waals surface area (Å²) in [6.45, 7) is 1.04. The molecule has 0 aromatic heterocycles. The van der Waals surface area contributed by atoms with E-state index in [1.165, 1.54) is 6.07 Å². The summed E-state index contributed by atoms with van der Waals surface area (Å²) in [6, 6.07) is 2.68. The first kappa shape index (κ1) is 16.3. The van der Waals surface area contributed by atoms with Crippen LogP contribution in [0.3, 0.4) is 0 Å². The van der Waals surface area contributed by atoms with E-state index in [0.29, 0.717) is 18.4 Å². The number of benzene rings is 1. The summed E-state index contributed by atoms with van der Waals surface area (Å²) < 4.78 is 0. The van der Waals surface area contributed by atoms with Gasteiger partial charge in [0.2, 0.25) is 5.78 Å². The van der Waals surface area contributed by atoms with E-state index in [2.05, 4.69) is 0 Å². The number of aryl methyl sites for hydroxylation is 1. The second-order valence-corrected chi connectivity index (χ2v) is 4.74. The molecule has 0 saturated heterocycles. The number of nitrogens with zero attached hydrogens (tertiary/aromatic N) is 1. The number of aliphatic hydroxyl groups is 1. The fraction of sp³-hybridized carbons (Fsp3) is 0.385. The van der Waals surface area contributed by atoms with Crippen molar-refractivity contribution in [3.63, 3.8) is 0 Å². The van der Waals surface area contributed by atoms with Crippen LogP contribution in [0.4, 0.5) is 5.69 Å². The van der Waals surface area contributed by atoms with Gasteiger partial charge in [0.05, 0.1) is 4.92 Å². The Morgan fingerprint density at radius 3 is 2.55 bits per heavy atom. The van der Waals surface area contributed by atoms with Gasteiger partial charge in [-0.15, -0.1) is 0 Å². The normalized spacial score (nSPS) is 10.3. The Balaban J connectivity index is 3.29. The standard InChI is InChI=1S/C13H14ClNO5/c1-8(17)13(18)7-11-9(3-2-4-16)5-10(14)6-12(11)15(19)20/h5-6,16H,2-4,7H2,1H3. The highest BCUT2D eigenvalue weighted by molar-refractivity contribution is 6.36. The van der Waals surface area contributed by atoms with Gasteiger partial charge in [-0.2, -0.15) is 0 Å². The molecule has 0 aliphatic heterocycles. The van der Waals surface area contributed by atoms with Crippen molar-refractivity contribution in [2.45, 2.75) is 26.2 Å². The Kier molecular flexibility index (Phi) is 5.79. The first-order valence-corrected chi connectivity index (χ1v) is 6.35. The molecule has 0 amide bonds. The van der Waals surface area contributed by atoms with Crippen LogP contribution < -0.4 is 0 Å². The number of halogens is 1. The minimum atomic E-state index is -0.694. The summed E-state index contributed by atoms with van der Waals surface area (Å²) in [4.78, 5) is 33.0. The van der Waals surface area contributed by atoms with E-state index < -0.39 is 16.5 Å². The highest BCUT2D eigenvalue weighted by Gasteiger charge is 2.22. The first-order valence-electron chi connectivity index (χ1n) is 5.97. The molecule has 0 spiro atoms. The molecule has 0 heterocycles. The lowest BCUT2D eigenvalue weighted by Gasteiger charge is -2.09. The van der Waals surface area contributed by atoms with Crippen LogP contribution in [-0.4, -0.2) is 28.2 Å². The van der Waals surface area contributed by atoms with Gasteiger partial charge in [0.25, 0.3) is 5.69 Å². The highest BCUT2D eigenvalue weighted by Crippen LogP contribution is 2.29. The third-order valence-electron chi connectivity index (χ3n) is 2.81. The van der Waals surface area contributed by atoms with Crippen LogP contribution in [0.1, 0.15) is 24.5 Å². The molecule has 1 rings (SSSR count). The second kappa shape index (κ2) is 7.12. The third kappa shape index (κ3) is 4.11. The van der Waals surface area contributed by atoms with Crippen LogP contribution >= 0.6 is 11.6 Å². The molecule has 108 valence electrons. The van der Waals surface area contributed by atoms with Crippen molar-refractivity contribution in [1.29, 1.82) is 0 Å². The van der Waals surface area contributed by atoms with Gasteiger partial charge in [0, 0.05) is 36.6 Å². The SMILES string of the molecule is CC(=O)C(=O)Cc1c(CCCO)cc(Cl)cc1[N+](=O)[O-]. The van der Waals surface area contributed by atoms with Gasteiger partial charge < -0.3 is 5.11 Å². The van der Waals surface area contributed by atoms with Gasteiger partial charge in [0.15, 0.2) is 5.78 Å². The van der Waals surface area contributed by atoms with Gasteiger partial charge in [-0.1, -0.05) is 11.6 Å². The number of carbonyl (C=O) groups is 2. The minimum Gasteiger partial charge on any atom is -0.396 e. The van der Waals surface area contributed by atoms with Gasteiger partial charge in [-0.25, -0.2) is 0 Å². The topological polar surface area (TPSA) is 97.5 Å². The predicted octanol–water partition coefficient (Wildman–Crippen LogP) is 1.87. The highest BCUT2D eigenvalue weighted by atomic mass is 35.5. The summed E-state index contributed by atoms with van der Waals surface area (Å²) in [7, 11) is 0. The fourth-order valence-corrected chi connectivity index (χ4v) is 2.06. The molecule has 0 atom stereocenters. The average molecular weight is 300 g/mol. The molecule has 1 aromatic carbocycles. The van der Waals surface area contributed by atoms with Gasteiger partial charge in [-0.3, -0.25) is 19.7 Å². The minimum absolute atomic E-state index is 0.0829. The number of Topliss-reactive ketones (excluding diaryl/α,β-unsaturated/α-hetero) is 2. The smallest absolute Gasteiger partial charge is 0.274 e. The molecule has 1 aromatic rings. The quantitative estimate of drug-likeness (QED) is 0.471. The Hall–Kier alpha value is -1.79. The van der Waals surface area contributed by atoms with Crippen molar-refractivity contribution in [2.24, 2.45) is 0 Å². The van der Waals surface area contributed by atoms with Crippen LogP contribution in [-0.2, 0) is 22.4 Å². The molecule has 0 unspecified atom stereocenters. The maximum absolute atomic E-state index is 11.5. The largest absolute Gasteiger partial charge is 0.396 e. The Morgan fingerprint density at radius 2 is 2.05 bits per heavy atom. The predicted molar refractivity (Wildman–Crippen MR) is 72.9 cm³/mol. The Labute approximate surface area is 120 Å². The molecule has 0 fully saturated rings. The summed E-state index contributed by atoms with van der Waals surface area (Å²) in [5.74, 6) is -1.34. The van der Waals surface area contributed by atoms with Crippen LogP contribution in [0.5, 0.6) is 0 Å². The number of hydrogen-bond donors (Lipinski definition) is 1. The first-order chi connectivity index (χ1) is 9.36. The lowest BCUT2D eigenvalue weighted by molar-refractivity contribution is -0.385. The van der Waals surface area contributed by atoms with Gasteiger partial charge in [0.1, 0.15) is 0 Å². The maximum atomic E-state index is 11.5. The summed E-state index contributed by atoms with van der Waals surface area (Å²) in [6.07, 6.45) is 0.404. The Morgan fingerprint density at radius 1 is 1.40 bits per heavy atom. The number of hydrogen-bond acceptors (Lipinski definition) is 5. The lowest BCUT2D eigenvalue weighted by Crippen LogP contribution is -2.15. The van der Waals surface area contributed by atoms with Crippen molar-refractivity contribution in [1.82, 2.24) is 0 Å². The summed E-state index contributed by atoms with van der Waals surface area (Å²) in [5.41, 5.74) is 0.418. The zero-order valence-corrected chi connectivity index (χ0v) is 11.6. The molecule has 6 nitrogen and oxygen atoms in total. The number of carbonyl (C=O) groups excluding carboxylic acids is 2. The fourth-order valence-electron chi connectivity index (χ4n) is 1.82. The molecule has 0 saturated carbocycles. The van der Waals surface area contributed by atoms with Crippen molar-refractivity contribution in [2.75, 3.05) is 6.61 Å². The van der Waals surface area contributed by atoms with Crippen molar-refractivity contribution >= 4 is 28.9 Å². The van der Waals surface area contributed by atoms with Crippen LogP contribution in [0.2, 0.25) is 5.02 Å². The van der Waals surface area contributed by atoms with E-state index in [-0.39, 0.29) is 29.3 Å². The number of aliphatic hydroxyl groups excluding tert-OH is 1. The van der Waals surface area contributed by atoms with Crippen molar-refractivity contribution in [3.8, 4) is 0 Å². The molecular formula is C13H14ClNO5. The van der Waals surface area contributed by atoms with Crippen molar-refractivity contribution < 1.29 is 19.6 Å². The molecule has 0 bridgehead atoms. The molecular weight excluding hydrogens is 286 g/mol. The van der Waals surface area contributed by atoms with Crippen LogP contribution in [0.15, 0.2) is 12.1 Å². The molecule has 20 heavy (non-hydrogen) atoms. The number of nitro benzene ring substituents is 1. The summed E-state index contributed by atoms with van der Waals surface area (Å²) in [5, 5.41) is 20.1. The maximum Gasteiger partial charge on any atom is 0.274 e. The molecule has 0 aliphatic carbocycles. The van der Waals surface area contributed by atoms with Gasteiger partial charge >= 0.3 is 0 Å². The number of nitro groups is 1. The average Bonchev–Trinajstić information content (AvgIpc) is 2.37. The molecule has 7 heteroatoms. The molecule has 0 aliphatic rings. The van der Waals surface area contributed by atoms with Crippen molar-refractivity contribution in [3.05, 3.63) is 38.4 Å². The third-order valence-corrected chi connectivity index (χ3v) is 3.03. The van der Waals surface area contributed by atoms with Gasteiger partial charge in [-0.05, 0) is 24.5 Å². The van der Waals surface area contributed by atoms with Crippen LogP contribution in [0, 0.1) is 10.1 Å². The van der Waals surface area contributed by atoms with E-state index >= 15 is 0 Å². The van der Waals surface area contributed by atoms with E-state index in [1.807, 2.05) is 0 Å². The lowest BCUT2D eigenvalue weighted by atomic mass is 9.96. The number of ketones is 2. The molecule has 0 radical (unpaired) electrons. The summed E-state index contributed by atoms with van der Waals surface area (Å²) >= 11 is 5.83.